The second-order valence-electron chi connectivity index (χ2n) is 24.1. The fourth-order valence-corrected chi connectivity index (χ4v) is 10.6. The fraction of sp³-hybridized carbons (Fsp3) is 0.827. The van der Waals surface area contributed by atoms with Gasteiger partial charge in [0.1, 0.15) is 13.2 Å². The maximum Gasteiger partial charge on any atom is 0.306 e. The Kier molecular flexibility index (Phi) is 67.1. The fourth-order valence-electron chi connectivity index (χ4n) is 10.6. The van der Waals surface area contributed by atoms with Gasteiger partial charge in [-0.25, -0.2) is 0 Å². The minimum absolute atomic E-state index is 0.0820. The zero-order valence-corrected chi connectivity index (χ0v) is 54.3. The van der Waals surface area contributed by atoms with Gasteiger partial charge in [-0.2, -0.15) is 0 Å². The van der Waals surface area contributed by atoms with Crippen molar-refractivity contribution in [1.82, 2.24) is 0 Å². The second-order valence-corrected chi connectivity index (χ2v) is 24.1. The van der Waals surface area contributed by atoms with E-state index in [2.05, 4.69) is 81.5 Å². The van der Waals surface area contributed by atoms with Gasteiger partial charge in [-0.3, -0.25) is 14.4 Å². The number of carbonyl (C=O) groups excluding carboxylic acids is 3. The van der Waals surface area contributed by atoms with E-state index in [1.54, 1.807) is 0 Å². The van der Waals surface area contributed by atoms with Crippen LogP contribution >= 0.6 is 0 Å². The van der Waals surface area contributed by atoms with Gasteiger partial charge in [0.05, 0.1) is 0 Å². The molecule has 1 atom stereocenters. The van der Waals surface area contributed by atoms with Gasteiger partial charge in [0.2, 0.25) is 0 Å². The Balaban J connectivity index is 4.13. The Bertz CT molecular complexity index is 1440. The SMILES string of the molecule is CC/C=C\C/C=C\C/C=C\CCCCCC(=O)OCC(COC(=O)CCCCCCCCCCCCCCCCCCCCCCC/C=C\CCCCCCCCCC)OC(=O)CCCCCCCCC/C=C\CCCCCCCC. The summed E-state index contributed by atoms with van der Waals surface area (Å²) in [7, 11) is 0. The minimum atomic E-state index is -0.788. The highest BCUT2D eigenvalue weighted by Crippen LogP contribution is 2.18. The van der Waals surface area contributed by atoms with Crippen LogP contribution in [-0.2, 0) is 28.6 Å². The lowest BCUT2D eigenvalue weighted by Crippen LogP contribution is -2.30. The quantitative estimate of drug-likeness (QED) is 0.0261. The molecular weight excluding hydrogens is 997 g/mol. The molecule has 0 spiro atoms. The lowest BCUT2D eigenvalue weighted by atomic mass is 10.0. The summed E-state index contributed by atoms with van der Waals surface area (Å²) >= 11 is 0. The highest BCUT2D eigenvalue weighted by atomic mass is 16.6. The lowest BCUT2D eigenvalue weighted by Gasteiger charge is -2.18. The zero-order chi connectivity index (χ0) is 58.5. The molecule has 0 saturated carbocycles. The molecule has 0 radical (unpaired) electrons. The third-order valence-corrected chi connectivity index (χ3v) is 16.0. The topological polar surface area (TPSA) is 78.9 Å². The van der Waals surface area contributed by atoms with Crippen LogP contribution < -0.4 is 0 Å². The number of carbonyl (C=O) groups is 3. The van der Waals surface area contributed by atoms with Crippen LogP contribution in [-0.4, -0.2) is 37.2 Å². The highest BCUT2D eigenvalue weighted by molar-refractivity contribution is 5.71. The van der Waals surface area contributed by atoms with Crippen LogP contribution in [0.1, 0.15) is 380 Å². The van der Waals surface area contributed by atoms with Gasteiger partial charge >= 0.3 is 17.9 Å². The largest absolute Gasteiger partial charge is 0.462 e. The van der Waals surface area contributed by atoms with E-state index in [4.69, 9.17) is 14.2 Å². The first-order chi connectivity index (χ1) is 40.0. The Morgan fingerprint density at radius 1 is 0.259 bits per heavy atom. The van der Waals surface area contributed by atoms with E-state index >= 15 is 0 Å². The number of ether oxygens (including phenoxy) is 3. The molecule has 472 valence electrons. The van der Waals surface area contributed by atoms with Gasteiger partial charge in [-0.15, -0.1) is 0 Å². The summed E-state index contributed by atoms with van der Waals surface area (Å²) in [5.41, 5.74) is 0. The molecule has 0 fully saturated rings. The normalized spacial score (nSPS) is 12.4. The van der Waals surface area contributed by atoms with Gasteiger partial charge in [-0.05, 0) is 103 Å². The standard InChI is InChI=1S/C75H136O6/c1-4-7-10-13-16-19-22-25-27-29-30-31-32-33-34-35-36-37-38-39-40-41-42-43-44-46-47-50-53-56-59-62-65-68-74(77)80-71-72(70-79-73(76)67-64-61-58-55-52-49-24-21-18-15-12-9-6-3)81-75(78)69-66-63-60-57-54-51-48-45-28-26-23-20-17-14-11-8-5-2/h9,12,18,21,26,28-30,49,52,72H,4-8,10-11,13-17,19-20,22-25,27,31-48,50-51,53-71H2,1-3H3/b12-9-,21-18-,28-26-,30-29-,52-49-. The van der Waals surface area contributed by atoms with Gasteiger partial charge in [0, 0.05) is 19.3 Å². The van der Waals surface area contributed by atoms with E-state index in [0.717, 1.165) is 83.5 Å². The van der Waals surface area contributed by atoms with E-state index in [0.29, 0.717) is 19.3 Å². The van der Waals surface area contributed by atoms with Gasteiger partial charge in [0.25, 0.3) is 0 Å². The van der Waals surface area contributed by atoms with E-state index in [1.807, 2.05) is 0 Å². The average Bonchev–Trinajstić information content (AvgIpc) is 3.46. The van der Waals surface area contributed by atoms with Crippen LogP contribution in [0.15, 0.2) is 60.8 Å². The number of hydrogen-bond acceptors (Lipinski definition) is 6. The van der Waals surface area contributed by atoms with Crippen molar-refractivity contribution < 1.29 is 28.6 Å². The maximum absolute atomic E-state index is 12.9. The summed E-state index contributed by atoms with van der Waals surface area (Å²) in [6.07, 6.45) is 89.9. The van der Waals surface area contributed by atoms with Crippen LogP contribution in [0.2, 0.25) is 0 Å². The summed E-state index contributed by atoms with van der Waals surface area (Å²) in [5, 5.41) is 0. The van der Waals surface area contributed by atoms with Crippen molar-refractivity contribution in [3.8, 4) is 0 Å². The molecule has 0 saturated heterocycles. The number of allylic oxidation sites excluding steroid dienone is 10. The molecule has 0 aliphatic carbocycles. The Hall–Kier alpha value is -2.89. The van der Waals surface area contributed by atoms with E-state index in [-0.39, 0.29) is 31.1 Å². The van der Waals surface area contributed by atoms with Crippen molar-refractivity contribution in [2.45, 2.75) is 386 Å². The summed E-state index contributed by atoms with van der Waals surface area (Å²) in [6, 6.07) is 0. The first kappa shape index (κ1) is 78.1. The monoisotopic (exact) mass is 1130 g/mol. The van der Waals surface area contributed by atoms with Gasteiger partial charge < -0.3 is 14.2 Å². The Morgan fingerprint density at radius 2 is 0.481 bits per heavy atom. The van der Waals surface area contributed by atoms with Crippen LogP contribution in [0.3, 0.4) is 0 Å². The van der Waals surface area contributed by atoms with Crippen molar-refractivity contribution in [3.05, 3.63) is 60.8 Å². The molecule has 0 N–H and O–H groups in total. The second kappa shape index (κ2) is 69.6. The van der Waals surface area contributed by atoms with Crippen LogP contribution in [0.4, 0.5) is 0 Å². The molecule has 0 heterocycles. The average molecular weight is 1130 g/mol. The molecule has 0 amide bonds. The number of unbranched alkanes of at least 4 members (excludes halogenated alkanes) is 45. The van der Waals surface area contributed by atoms with Crippen molar-refractivity contribution in [3.63, 3.8) is 0 Å². The van der Waals surface area contributed by atoms with Crippen LogP contribution in [0.5, 0.6) is 0 Å². The third-order valence-electron chi connectivity index (χ3n) is 16.0. The molecule has 0 aromatic carbocycles. The highest BCUT2D eigenvalue weighted by Gasteiger charge is 2.19. The predicted molar refractivity (Wildman–Crippen MR) is 353 cm³/mol. The number of esters is 3. The minimum Gasteiger partial charge on any atom is -0.462 e. The van der Waals surface area contributed by atoms with Gasteiger partial charge in [0.15, 0.2) is 6.10 Å². The van der Waals surface area contributed by atoms with E-state index in [9.17, 15) is 14.4 Å². The lowest BCUT2D eigenvalue weighted by molar-refractivity contribution is -0.167. The number of rotatable bonds is 66. The first-order valence-electron chi connectivity index (χ1n) is 35.8. The van der Waals surface area contributed by atoms with Crippen molar-refractivity contribution in [2.75, 3.05) is 13.2 Å². The van der Waals surface area contributed by atoms with Crippen molar-refractivity contribution in [2.24, 2.45) is 0 Å². The molecule has 0 rings (SSSR count). The molecule has 0 aromatic rings. The Labute approximate surface area is 504 Å². The van der Waals surface area contributed by atoms with E-state index < -0.39 is 6.10 Å². The Morgan fingerprint density at radius 3 is 0.778 bits per heavy atom. The molecule has 6 nitrogen and oxygen atoms in total. The summed E-state index contributed by atoms with van der Waals surface area (Å²) in [4.78, 5) is 38.3. The third kappa shape index (κ3) is 67.8. The molecule has 0 aliphatic rings. The van der Waals surface area contributed by atoms with Crippen molar-refractivity contribution >= 4 is 17.9 Å². The molecule has 0 bridgehead atoms. The number of hydrogen-bond donors (Lipinski definition) is 0. The summed E-state index contributed by atoms with van der Waals surface area (Å²) in [6.45, 7) is 6.55. The molecular formula is C75H136O6. The first-order valence-corrected chi connectivity index (χ1v) is 35.8. The molecule has 0 aromatic heterocycles. The van der Waals surface area contributed by atoms with Gasteiger partial charge in [-0.1, -0.05) is 319 Å². The molecule has 0 aliphatic heterocycles. The smallest absolute Gasteiger partial charge is 0.306 e. The van der Waals surface area contributed by atoms with Crippen LogP contribution in [0.25, 0.3) is 0 Å². The van der Waals surface area contributed by atoms with Crippen molar-refractivity contribution in [1.29, 1.82) is 0 Å². The molecule has 81 heavy (non-hydrogen) atoms. The van der Waals surface area contributed by atoms with E-state index in [1.165, 1.54) is 257 Å². The maximum atomic E-state index is 12.9. The molecule has 1 unspecified atom stereocenters. The summed E-state index contributed by atoms with van der Waals surface area (Å²) < 4.78 is 16.9. The predicted octanol–water partition coefficient (Wildman–Crippen LogP) is 24.7. The zero-order valence-electron chi connectivity index (χ0n) is 54.3. The van der Waals surface area contributed by atoms with Crippen LogP contribution in [0, 0.1) is 0 Å². The summed E-state index contributed by atoms with van der Waals surface area (Å²) in [5.74, 6) is -0.897. The molecule has 6 heteroatoms.